The van der Waals surface area contributed by atoms with E-state index < -0.39 is 17.8 Å². The predicted octanol–water partition coefficient (Wildman–Crippen LogP) is 2.78. The van der Waals surface area contributed by atoms with Gasteiger partial charge in [-0.3, -0.25) is 14.4 Å². The first-order chi connectivity index (χ1) is 12.5. The van der Waals surface area contributed by atoms with Crippen molar-refractivity contribution >= 4 is 23.5 Å². The lowest BCUT2D eigenvalue weighted by atomic mass is 9.95. The normalized spacial score (nSPS) is 14.3. The van der Waals surface area contributed by atoms with E-state index in [0.29, 0.717) is 16.8 Å². The molecule has 1 unspecified atom stereocenters. The van der Waals surface area contributed by atoms with Crippen LogP contribution in [0.25, 0.3) is 0 Å². The van der Waals surface area contributed by atoms with Crippen molar-refractivity contribution in [2.45, 2.75) is 31.2 Å². The number of hydrogen-bond acceptors (Lipinski definition) is 3. The second-order valence-electron chi connectivity index (χ2n) is 6.38. The molecule has 0 aliphatic heterocycles. The Morgan fingerprint density at radius 3 is 2.42 bits per heavy atom. The van der Waals surface area contributed by atoms with Crippen LogP contribution in [0.4, 0.5) is 5.69 Å². The van der Waals surface area contributed by atoms with Gasteiger partial charge in [-0.15, -0.1) is 0 Å². The third kappa shape index (κ3) is 4.69. The van der Waals surface area contributed by atoms with Crippen LogP contribution in [0.5, 0.6) is 0 Å². The van der Waals surface area contributed by atoms with Crippen LogP contribution < -0.4 is 10.6 Å². The minimum absolute atomic E-state index is 0.170. The lowest BCUT2D eigenvalue weighted by Crippen LogP contribution is -2.25. The molecule has 0 saturated heterocycles. The summed E-state index contributed by atoms with van der Waals surface area (Å²) < 4.78 is 0. The van der Waals surface area contributed by atoms with E-state index in [1.54, 1.807) is 54.6 Å². The molecule has 1 atom stereocenters. The Balaban J connectivity index is 1.65. The van der Waals surface area contributed by atoms with Gasteiger partial charge in [-0.25, -0.2) is 0 Å². The Hall–Kier alpha value is -3.15. The zero-order valence-electron chi connectivity index (χ0n) is 14.1. The molecule has 0 radical (unpaired) electrons. The van der Waals surface area contributed by atoms with Crippen molar-refractivity contribution < 1.29 is 19.5 Å². The van der Waals surface area contributed by atoms with Crippen LogP contribution in [0.2, 0.25) is 0 Å². The Bertz CT molecular complexity index is 816. The van der Waals surface area contributed by atoms with Crippen LogP contribution in [-0.2, 0) is 9.59 Å². The van der Waals surface area contributed by atoms with Gasteiger partial charge in [0, 0.05) is 23.7 Å². The average molecular weight is 352 g/mol. The Kier molecular flexibility index (Phi) is 5.31. The van der Waals surface area contributed by atoms with Crippen LogP contribution in [-0.4, -0.2) is 28.9 Å². The van der Waals surface area contributed by atoms with Crippen LogP contribution in [0, 0.1) is 0 Å². The molecule has 2 amide bonds. The summed E-state index contributed by atoms with van der Waals surface area (Å²) in [5.74, 6) is -2.56. The van der Waals surface area contributed by atoms with Gasteiger partial charge in [-0.05, 0) is 36.6 Å². The summed E-state index contributed by atoms with van der Waals surface area (Å²) in [5, 5.41) is 15.0. The summed E-state index contributed by atoms with van der Waals surface area (Å²) in [4.78, 5) is 35.9. The minimum Gasteiger partial charge on any atom is -0.481 e. The monoisotopic (exact) mass is 352 g/mol. The fourth-order valence-corrected chi connectivity index (χ4v) is 2.67. The number of carboxylic acids is 1. The predicted molar refractivity (Wildman–Crippen MR) is 97.0 cm³/mol. The maximum atomic E-state index is 12.3. The molecule has 1 saturated carbocycles. The van der Waals surface area contributed by atoms with Gasteiger partial charge in [0.1, 0.15) is 0 Å². The smallest absolute Gasteiger partial charge is 0.311 e. The molecule has 2 aromatic carbocycles. The number of carboxylic acid groups (broad SMARTS) is 1. The van der Waals surface area contributed by atoms with Crippen molar-refractivity contribution in [3.63, 3.8) is 0 Å². The van der Waals surface area contributed by atoms with Gasteiger partial charge in [-0.1, -0.05) is 36.4 Å². The molecule has 1 fully saturated rings. The molecule has 3 rings (SSSR count). The number of carbonyl (C=O) groups is 3. The number of anilines is 1. The molecular weight excluding hydrogens is 332 g/mol. The lowest BCUT2D eigenvalue weighted by Gasteiger charge is -2.13. The van der Waals surface area contributed by atoms with Gasteiger partial charge in [0.05, 0.1) is 5.92 Å². The summed E-state index contributed by atoms with van der Waals surface area (Å²) in [6.45, 7) is 0. The van der Waals surface area contributed by atoms with Crippen LogP contribution in [0.15, 0.2) is 54.6 Å². The molecule has 3 N–H and O–H groups in total. The highest BCUT2D eigenvalue weighted by molar-refractivity contribution is 5.98. The van der Waals surface area contributed by atoms with Gasteiger partial charge in [0.25, 0.3) is 5.91 Å². The highest BCUT2D eigenvalue weighted by Crippen LogP contribution is 2.22. The van der Waals surface area contributed by atoms with Crippen LogP contribution >= 0.6 is 0 Å². The summed E-state index contributed by atoms with van der Waals surface area (Å²) in [7, 11) is 0. The summed E-state index contributed by atoms with van der Waals surface area (Å²) in [6, 6.07) is 15.5. The molecule has 2 aromatic rings. The Morgan fingerprint density at radius 1 is 1.04 bits per heavy atom. The number of hydrogen-bond donors (Lipinski definition) is 3. The summed E-state index contributed by atoms with van der Waals surface area (Å²) in [5.41, 5.74) is 1.51. The minimum atomic E-state index is -1.05. The van der Waals surface area contributed by atoms with Crippen molar-refractivity contribution in [3.05, 3.63) is 65.7 Å². The zero-order valence-corrected chi connectivity index (χ0v) is 14.1. The number of carbonyl (C=O) groups excluding carboxylic acids is 2. The van der Waals surface area contributed by atoms with Crippen molar-refractivity contribution in [2.75, 3.05) is 5.32 Å². The second-order valence-corrected chi connectivity index (χ2v) is 6.38. The van der Waals surface area contributed by atoms with E-state index in [-0.39, 0.29) is 18.4 Å². The number of rotatable bonds is 7. The lowest BCUT2D eigenvalue weighted by molar-refractivity contribution is -0.140. The van der Waals surface area contributed by atoms with E-state index in [4.69, 9.17) is 0 Å². The van der Waals surface area contributed by atoms with Crippen molar-refractivity contribution in [1.82, 2.24) is 5.32 Å². The Morgan fingerprint density at radius 2 is 1.77 bits per heavy atom. The summed E-state index contributed by atoms with van der Waals surface area (Å²) in [6.07, 6.45) is 1.81. The van der Waals surface area contributed by atoms with Crippen molar-refractivity contribution in [1.29, 1.82) is 0 Å². The van der Waals surface area contributed by atoms with Gasteiger partial charge in [0.2, 0.25) is 5.91 Å². The van der Waals surface area contributed by atoms with E-state index in [0.717, 1.165) is 12.8 Å². The number of benzene rings is 2. The molecule has 26 heavy (non-hydrogen) atoms. The van der Waals surface area contributed by atoms with Gasteiger partial charge < -0.3 is 15.7 Å². The third-order valence-electron chi connectivity index (χ3n) is 4.21. The fraction of sp³-hybridized carbons (Fsp3) is 0.250. The molecule has 134 valence electrons. The highest BCUT2D eigenvalue weighted by Gasteiger charge is 2.25. The SMILES string of the molecule is O=C(CC(C(=O)O)c1ccccc1)Nc1cccc(C(=O)NC2CC2)c1. The molecule has 0 spiro atoms. The molecule has 0 aromatic heterocycles. The van der Waals surface area contributed by atoms with E-state index >= 15 is 0 Å². The Labute approximate surface area is 151 Å². The fourth-order valence-electron chi connectivity index (χ4n) is 2.67. The van der Waals surface area contributed by atoms with Crippen molar-refractivity contribution in [2.24, 2.45) is 0 Å². The first-order valence-corrected chi connectivity index (χ1v) is 8.51. The van der Waals surface area contributed by atoms with Crippen molar-refractivity contribution in [3.8, 4) is 0 Å². The molecule has 1 aliphatic carbocycles. The topological polar surface area (TPSA) is 95.5 Å². The highest BCUT2D eigenvalue weighted by atomic mass is 16.4. The average Bonchev–Trinajstić information content (AvgIpc) is 3.44. The number of nitrogens with one attached hydrogen (secondary N) is 2. The molecule has 0 heterocycles. The number of amides is 2. The van der Waals surface area contributed by atoms with E-state index in [1.165, 1.54) is 0 Å². The van der Waals surface area contributed by atoms with E-state index in [1.807, 2.05) is 0 Å². The standard InChI is InChI=1S/C20H20N2O4/c23-18(12-17(20(25)26)13-5-2-1-3-6-13)21-16-8-4-7-14(11-16)19(24)22-15-9-10-15/h1-8,11,15,17H,9-10,12H2,(H,21,23)(H,22,24)(H,25,26). The van der Waals surface area contributed by atoms with Gasteiger partial charge in [0.15, 0.2) is 0 Å². The van der Waals surface area contributed by atoms with Crippen LogP contribution in [0.3, 0.4) is 0 Å². The maximum absolute atomic E-state index is 12.3. The maximum Gasteiger partial charge on any atom is 0.311 e. The molecule has 6 nitrogen and oxygen atoms in total. The largest absolute Gasteiger partial charge is 0.481 e. The first-order valence-electron chi connectivity index (χ1n) is 8.51. The molecule has 0 bridgehead atoms. The molecule has 6 heteroatoms. The molecular formula is C20H20N2O4. The van der Waals surface area contributed by atoms with Crippen LogP contribution in [0.1, 0.15) is 41.1 Å². The summed E-state index contributed by atoms with van der Waals surface area (Å²) >= 11 is 0. The van der Waals surface area contributed by atoms with E-state index in [9.17, 15) is 19.5 Å². The van der Waals surface area contributed by atoms with E-state index in [2.05, 4.69) is 10.6 Å². The molecule has 1 aliphatic rings. The number of aliphatic carboxylic acids is 1. The van der Waals surface area contributed by atoms with Gasteiger partial charge >= 0.3 is 5.97 Å². The quantitative estimate of drug-likeness (QED) is 0.714. The second kappa shape index (κ2) is 7.82. The first kappa shape index (κ1) is 17.7. The third-order valence-corrected chi connectivity index (χ3v) is 4.21. The zero-order chi connectivity index (χ0) is 18.5. The van der Waals surface area contributed by atoms with Gasteiger partial charge in [-0.2, -0.15) is 0 Å².